The van der Waals surface area contributed by atoms with E-state index in [2.05, 4.69) is 24.4 Å². The van der Waals surface area contributed by atoms with Crippen LogP contribution in [0, 0.1) is 5.92 Å². The van der Waals surface area contributed by atoms with Gasteiger partial charge in [0.1, 0.15) is 5.75 Å². The molecule has 1 aliphatic heterocycles. The maximum atomic E-state index is 10.4. The van der Waals surface area contributed by atoms with Gasteiger partial charge in [0.25, 0.3) is 0 Å². The topological polar surface area (TPSA) is 32.3 Å². The fraction of sp³-hybridized carbons (Fsp3) is 0.375. The molecule has 0 aliphatic carbocycles. The van der Waals surface area contributed by atoms with E-state index in [-0.39, 0.29) is 0 Å². The molecule has 18 heavy (non-hydrogen) atoms. The van der Waals surface area contributed by atoms with Crippen molar-refractivity contribution in [2.75, 3.05) is 6.54 Å². The van der Waals surface area contributed by atoms with Crippen molar-refractivity contribution in [3.05, 3.63) is 42.0 Å². The molecule has 1 saturated heterocycles. The van der Waals surface area contributed by atoms with Gasteiger partial charge in [0.05, 0.1) is 0 Å². The molecule has 0 radical (unpaired) electrons. The fourth-order valence-electron chi connectivity index (χ4n) is 2.90. The first-order chi connectivity index (χ1) is 8.75. The van der Waals surface area contributed by atoms with E-state index in [0.29, 0.717) is 11.8 Å². The van der Waals surface area contributed by atoms with Gasteiger partial charge in [-0.3, -0.25) is 0 Å². The first kappa shape index (κ1) is 11.5. The van der Waals surface area contributed by atoms with Gasteiger partial charge >= 0.3 is 0 Å². The van der Waals surface area contributed by atoms with Crippen LogP contribution in [-0.4, -0.2) is 11.7 Å². The minimum absolute atomic E-state index is 0.290. The fourth-order valence-corrected chi connectivity index (χ4v) is 2.90. The van der Waals surface area contributed by atoms with Gasteiger partial charge in [0.2, 0.25) is 0 Å². The molecule has 1 aliphatic rings. The lowest BCUT2D eigenvalue weighted by Gasteiger charge is -2.29. The molecule has 0 aromatic heterocycles. The molecule has 0 saturated carbocycles. The first-order valence-electron chi connectivity index (χ1n) is 6.69. The number of fused-ring (bicyclic) bond motifs is 1. The molecule has 2 heteroatoms. The van der Waals surface area contributed by atoms with E-state index in [1.165, 1.54) is 6.42 Å². The van der Waals surface area contributed by atoms with Crippen molar-refractivity contribution < 1.29 is 5.11 Å². The summed E-state index contributed by atoms with van der Waals surface area (Å²) < 4.78 is 0. The maximum absolute atomic E-state index is 10.4. The lowest BCUT2D eigenvalue weighted by Crippen LogP contribution is -2.30. The Kier molecular flexibility index (Phi) is 2.96. The summed E-state index contributed by atoms with van der Waals surface area (Å²) in [4.78, 5) is 0. The van der Waals surface area contributed by atoms with E-state index >= 15 is 0 Å². The Hall–Kier alpha value is -1.54. The van der Waals surface area contributed by atoms with E-state index in [1.807, 2.05) is 24.3 Å². The van der Waals surface area contributed by atoms with Crippen molar-refractivity contribution in [3.63, 3.8) is 0 Å². The lowest BCUT2D eigenvalue weighted by atomic mass is 9.88. The number of hydrogen-bond acceptors (Lipinski definition) is 2. The van der Waals surface area contributed by atoms with Crippen molar-refractivity contribution >= 4 is 10.8 Å². The standard InChI is InChI=1S/C16H19NO/c1-11-8-9-17-15(10-11)14-7-6-12-4-2-3-5-13(12)16(14)18/h2-7,11,15,17-18H,8-10H2,1H3/t11-,15+/m0/s1. The summed E-state index contributed by atoms with van der Waals surface area (Å²) in [5.41, 5.74) is 1.04. The molecule has 94 valence electrons. The molecule has 1 fully saturated rings. The van der Waals surface area contributed by atoms with Crippen molar-refractivity contribution in [1.29, 1.82) is 0 Å². The van der Waals surface area contributed by atoms with Crippen LogP contribution in [0.2, 0.25) is 0 Å². The normalized spacial score (nSPS) is 24.3. The number of nitrogens with one attached hydrogen (secondary N) is 1. The molecule has 1 heterocycles. The Morgan fingerprint density at radius 2 is 2.00 bits per heavy atom. The monoisotopic (exact) mass is 241 g/mol. The Bertz CT molecular complexity index is 564. The number of rotatable bonds is 1. The number of phenolic OH excluding ortho intramolecular Hbond substituents is 1. The Morgan fingerprint density at radius 3 is 2.83 bits per heavy atom. The zero-order chi connectivity index (χ0) is 12.5. The van der Waals surface area contributed by atoms with Gasteiger partial charge in [0.15, 0.2) is 0 Å². The number of hydrogen-bond donors (Lipinski definition) is 2. The quantitative estimate of drug-likeness (QED) is 0.799. The van der Waals surface area contributed by atoms with E-state index < -0.39 is 0 Å². The van der Waals surface area contributed by atoms with Gasteiger partial charge in [-0.2, -0.15) is 0 Å². The molecular weight excluding hydrogens is 222 g/mol. The van der Waals surface area contributed by atoms with Gasteiger partial charge in [-0.15, -0.1) is 0 Å². The van der Waals surface area contributed by atoms with Crippen LogP contribution in [0.25, 0.3) is 10.8 Å². The average molecular weight is 241 g/mol. The minimum atomic E-state index is 0.290. The molecule has 0 bridgehead atoms. The van der Waals surface area contributed by atoms with E-state index in [9.17, 15) is 5.11 Å². The van der Waals surface area contributed by atoms with Crippen LogP contribution >= 0.6 is 0 Å². The van der Waals surface area contributed by atoms with Gasteiger partial charge in [-0.25, -0.2) is 0 Å². The van der Waals surface area contributed by atoms with Crippen LogP contribution in [0.3, 0.4) is 0 Å². The van der Waals surface area contributed by atoms with Gasteiger partial charge in [-0.05, 0) is 30.7 Å². The summed E-state index contributed by atoms with van der Waals surface area (Å²) in [6, 6.07) is 12.5. The molecule has 0 amide bonds. The van der Waals surface area contributed by atoms with Crippen LogP contribution in [0.1, 0.15) is 31.4 Å². The van der Waals surface area contributed by atoms with Gasteiger partial charge in [0, 0.05) is 17.0 Å². The highest BCUT2D eigenvalue weighted by atomic mass is 16.3. The molecule has 2 aromatic rings. The van der Waals surface area contributed by atoms with Crippen LogP contribution in [0.5, 0.6) is 5.75 Å². The molecule has 0 spiro atoms. The number of benzene rings is 2. The summed E-state index contributed by atoms with van der Waals surface area (Å²) in [5, 5.41) is 16.0. The highest BCUT2D eigenvalue weighted by Crippen LogP contribution is 2.36. The Labute approximate surface area is 108 Å². The summed E-state index contributed by atoms with van der Waals surface area (Å²) in [5.74, 6) is 1.17. The Balaban J connectivity index is 2.04. The molecule has 2 nitrogen and oxygen atoms in total. The highest BCUT2D eigenvalue weighted by molar-refractivity contribution is 5.89. The molecule has 2 atom stereocenters. The number of piperidine rings is 1. The molecule has 2 N–H and O–H groups in total. The lowest BCUT2D eigenvalue weighted by molar-refractivity contribution is 0.318. The van der Waals surface area contributed by atoms with Crippen molar-refractivity contribution in [1.82, 2.24) is 5.32 Å². The van der Waals surface area contributed by atoms with Crippen LogP contribution < -0.4 is 5.32 Å². The predicted octanol–water partition coefficient (Wildman–Crippen LogP) is 3.61. The van der Waals surface area contributed by atoms with E-state index in [1.54, 1.807) is 0 Å². The smallest absolute Gasteiger partial charge is 0.128 e. The van der Waals surface area contributed by atoms with Crippen molar-refractivity contribution in [2.45, 2.75) is 25.8 Å². The third kappa shape index (κ3) is 1.97. The third-order valence-electron chi connectivity index (χ3n) is 3.97. The zero-order valence-electron chi connectivity index (χ0n) is 10.7. The largest absolute Gasteiger partial charge is 0.507 e. The molecule has 3 rings (SSSR count). The minimum Gasteiger partial charge on any atom is -0.507 e. The Morgan fingerprint density at radius 1 is 1.17 bits per heavy atom. The number of aromatic hydroxyl groups is 1. The van der Waals surface area contributed by atoms with Gasteiger partial charge < -0.3 is 10.4 Å². The number of phenols is 1. The molecule has 2 aromatic carbocycles. The highest BCUT2D eigenvalue weighted by Gasteiger charge is 2.22. The average Bonchev–Trinajstić information content (AvgIpc) is 2.39. The zero-order valence-corrected chi connectivity index (χ0v) is 10.7. The third-order valence-corrected chi connectivity index (χ3v) is 3.97. The second kappa shape index (κ2) is 4.62. The summed E-state index contributed by atoms with van der Waals surface area (Å²) in [6.07, 6.45) is 2.33. The molecular formula is C16H19NO. The summed E-state index contributed by atoms with van der Waals surface area (Å²) in [7, 11) is 0. The van der Waals surface area contributed by atoms with E-state index in [4.69, 9.17) is 0 Å². The van der Waals surface area contributed by atoms with Gasteiger partial charge in [-0.1, -0.05) is 43.3 Å². The van der Waals surface area contributed by atoms with Crippen LogP contribution in [0.15, 0.2) is 36.4 Å². The summed E-state index contributed by atoms with van der Waals surface area (Å²) >= 11 is 0. The van der Waals surface area contributed by atoms with Crippen LogP contribution in [0.4, 0.5) is 0 Å². The SMILES string of the molecule is C[C@H]1CCN[C@@H](c2ccc3ccccc3c2O)C1. The van der Waals surface area contributed by atoms with Crippen LogP contribution in [-0.2, 0) is 0 Å². The van der Waals surface area contributed by atoms with E-state index in [0.717, 1.165) is 35.2 Å². The van der Waals surface area contributed by atoms with Crippen molar-refractivity contribution in [2.24, 2.45) is 5.92 Å². The predicted molar refractivity (Wildman–Crippen MR) is 74.8 cm³/mol. The summed E-state index contributed by atoms with van der Waals surface area (Å²) in [6.45, 7) is 3.32. The van der Waals surface area contributed by atoms with Crippen molar-refractivity contribution in [3.8, 4) is 5.75 Å². The second-order valence-corrected chi connectivity index (χ2v) is 5.36. The first-order valence-corrected chi connectivity index (χ1v) is 6.69. The maximum Gasteiger partial charge on any atom is 0.128 e. The molecule has 0 unspecified atom stereocenters. The second-order valence-electron chi connectivity index (χ2n) is 5.36.